The Labute approximate surface area is 173 Å². The van der Waals surface area contributed by atoms with Crippen molar-refractivity contribution in [3.05, 3.63) is 65.3 Å². The molecule has 1 aromatic carbocycles. The van der Waals surface area contributed by atoms with Gasteiger partial charge in [0, 0.05) is 30.0 Å². The molecule has 7 heteroatoms. The predicted octanol–water partition coefficient (Wildman–Crippen LogP) is 3.84. The number of aromatic nitrogens is 1. The first-order chi connectivity index (χ1) is 14.0. The van der Waals surface area contributed by atoms with Crippen molar-refractivity contribution in [2.75, 3.05) is 19.0 Å². The fourth-order valence-corrected chi connectivity index (χ4v) is 3.87. The highest BCUT2D eigenvalue weighted by atomic mass is 32.1. The second kappa shape index (κ2) is 9.34. The van der Waals surface area contributed by atoms with E-state index in [2.05, 4.69) is 5.32 Å². The minimum absolute atomic E-state index is 0.157. The Bertz CT molecular complexity index is 1010. The number of carbonyl (C=O) groups is 2. The van der Waals surface area contributed by atoms with Gasteiger partial charge in [-0.15, -0.1) is 11.3 Å². The summed E-state index contributed by atoms with van der Waals surface area (Å²) in [5.41, 5.74) is 2.90. The molecule has 0 aliphatic carbocycles. The van der Waals surface area contributed by atoms with Crippen molar-refractivity contribution in [3.63, 3.8) is 0 Å². The van der Waals surface area contributed by atoms with Gasteiger partial charge in [-0.2, -0.15) is 4.57 Å². The van der Waals surface area contributed by atoms with Crippen LogP contribution in [0.1, 0.15) is 23.0 Å². The van der Waals surface area contributed by atoms with Gasteiger partial charge in [0.05, 0.1) is 13.7 Å². The van der Waals surface area contributed by atoms with Crippen LogP contribution >= 0.6 is 11.3 Å². The largest absolute Gasteiger partial charge is 0.497 e. The maximum Gasteiger partial charge on any atom is 0.341 e. The molecule has 29 heavy (non-hydrogen) atoms. The quantitative estimate of drug-likeness (QED) is 0.474. The number of methoxy groups -OCH3 is 1. The molecule has 1 amide bonds. The van der Waals surface area contributed by atoms with E-state index in [4.69, 9.17) is 9.47 Å². The van der Waals surface area contributed by atoms with Gasteiger partial charge in [0.1, 0.15) is 16.3 Å². The summed E-state index contributed by atoms with van der Waals surface area (Å²) in [6, 6.07) is 13.1. The summed E-state index contributed by atoms with van der Waals surface area (Å²) in [6.07, 6.45) is 1.85. The van der Waals surface area contributed by atoms with E-state index in [1.165, 1.54) is 11.3 Å². The van der Waals surface area contributed by atoms with Crippen molar-refractivity contribution in [1.82, 2.24) is 0 Å². The molecule has 0 saturated carbocycles. The fourth-order valence-electron chi connectivity index (χ4n) is 2.90. The maximum absolute atomic E-state index is 12.6. The molecule has 0 saturated heterocycles. The average molecular weight is 412 g/mol. The highest BCUT2D eigenvalue weighted by Crippen LogP contribution is 2.36. The number of carbonyl (C=O) groups excluding carboxylic acids is 2. The van der Waals surface area contributed by atoms with Crippen molar-refractivity contribution in [2.24, 2.45) is 0 Å². The minimum atomic E-state index is -0.460. The van der Waals surface area contributed by atoms with E-state index in [1.54, 1.807) is 14.0 Å². The van der Waals surface area contributed by atoms with E-state index in [1.807, 2.05) is 65.5 Å². The zero-order chi connectivity index (χ0) is 20.8. The molecule has 0 unspecified atom stereocenters. The zero-order valence-electron chi connectivity index (χ0n) is 16.6. The molecule has 3 aromatic rings. The van der Waals surface area contributed by atoms with E-state index >= 15 is 0 Å². The topological polar surface area (TPSA) is 68.5 Å². The van der Waals surface area contributed by atoms with Gasteiger partial charge < -0.3 is 14.8 Å². The Morgan fingerprint density at radius 2 is 1.90 bits per heavy atom. The van der Waals surface area contributed by atoms with Crippen molar-refractivity contribution in [3.8, 4) is 16.9 Å². The van der Waals surface area contributed by atoms with Crippen LogP contribution in [0.5, 0.6) is 5.75 Å². The Morgan fingerprint density at radius 3 is 2.55 bits per heavy atom. The van der Waals surface area contributed by atoms with Gasteiger partial charge in [-0.1, -0.05) is 18.2 Å². The molecule has 6 nitrogen and oxygen atoms in total. The van der Waals surface area contributed by atoms with Crippen LogP contribution in [0.4, 0.5) is 5.00 Å². The molecule has 1 N–H and O–H groups in total. The molecule has 0 aliphatic heterocycles. The number of benzene rings is 1. The van der Waals surface area contributed by atoms with Gasteiger partial charge >= 0.3 is 5.97 Å². The number of thiophene rings is 1. The summed E-state index contributed by atoms with van der Waals surface area (Å²) in [7, 11) is 1.60. The zero-order valence-corrected chi connectivity index (χ0v) is 17.4. The average Bonchev–Trinajstić information content (AvgIpc) is 3.13. The Hall–Kier alpha value is -3.19. The number of rotatable bonds is 7. The molecule has 150 valence electrons. The summed E-state index contributed by atoms with van der Waals surface area (Å²) in [6.45, 7) is 4.10. The summed E-state index contributed by atoms with van der Waals surface area (Å²) in [5, 5.41) is 5.20. The molecule has 0 fully saturated rings. The normalized spacial score (nSPS) is 10.4. The van der Waals surface area contributed by atoms with E-state index in [-0.39, 0.29) is 19.1 Å². The second-order valence-corrected chi connectivity index (χ2v) is 7.20. The van der Waals surface area contributed by atoms with Gasteiger partial charge in [-0.05, 0) is 24.6 Å². The van der Waals surface area contributed by atoms with E-state index in [0.29, 0.717) is 10.6 Å². The lowest BCUT2D eigenvalue weighted by atomic mass is 10.0. The predicted molar refractivity (Wildman–Crippen MR) is 112 cm³/mol. The molecule has 3 rings (SSSR count). The van der Waals surface area contributed by atoms with Crippen LogP contribution in [-0.2, 0) is 16.1 Å². The number of hydrogen-bond donors (Lipinski definition) is 1. The number of hydrogen-bond acceptors (Lipinski definition) is 5. The lowest BCUT2D eigenvalue weighted by molar-refractivity contribution is -0.690. The molecular weight excluding hydrogens is 388 g/mol. The maximum atomic E-state index is 12.6. The molecule has 2 aromatic heterocycles. The third-order valence-electron chi connectivity index (χ3n) is 4.41. The third-order valence-corrected chi connectivity index (χ3v) is 5.30. The highest BCUT2D eigenvalue weighted by Gasteiger charge is 2.24. The molecule has 0 radical (unpaired) electrons. The van der Waals surface area contributed by atoms with Crippen molar-refractivity contribution in [1.29, 1.82) is 0 Å². The minimum Gasteiger partial charge on any atom is -0.497 e. The van der Waals surface area contributed by atoms with E-state index < -0.39 is 5.97 Å². The number of nitrogens with zero attached hydrogens (tertiary/aromatic N) is 1. The van der Waals surface area contributed by atoms with Crippen LogP contribution < -0.4 is 14.6 Å². The molecule has 0 spiro atoms. The summed E-state index contributed by atoms with van der Waals surface area (Å²) in [4.78, 5) is 25.2. The molecule has 2 heterocycles. The van der Waals surface area contributed by atoms with Crippen LogP contribution in [-0.4, -0.2) is 25.6 Å². The van der Waals surface area contributed by atoms with Crippen molar-refractivity contribution in [2.45, 2.75) is 20.4 Å². The lowest BCUT2D eigenvalue weighted by Crippen LogP contribution is -2.42. The Balaban J connectivity index is 1.89. The van der Waals surface area contributed by atoms with Crippen LogP contribution in [0.25, 0.3) is 11.1 Å². The molecule has 0 atom stereocenters. The lowest BCUT2D eigenvalue weighted by Gasteiger charge is -2.09. The monoisotopic (exact) mass is 411 g/mol. The molecule has 0 aliphatic rings. The number of anilines is 1. The number of nitrogens with one attached hydrogen (secondary N) is 1. The van der Waals surface area contributed by atoms with Gasteiger partial charge in [0.2, 0.25) is 6.54 Å². The van der Waals surface area contributed by atoms with Crippen molar-refractivity contribution >= 4 is 28.2 Å². The summed E-state index contributed by atoms with van der Waals surface area (Å²) >= 11 is 1.30. The van der Waals surface area contributed by atoms with Gasteiger partial charge in [-0.3, -0.25) is 4.79 Å². The summed E-state index contributed by atoms with van der Waals surface area (Å²) in [5.74, 6) is 0.0573. The first kappa shape index (κ1) is 20.5. The van der Waals surface area contributed by atoms with Crippen LogP contribution in [0.3, 0.4) is 0 Å². The van der Waals surface area contributed by atoms with Crippen LogP contribution in [0.15, 0.2) is 54.0 Å². The van der Waals surface area contributed by atoms with Crippen LogP contribution in [0, 0.1) is 6.92 Å². The smallest absolute Gasteiger partial charge is 0.341 e. The third kappa shape index (κ3) is 4.81. The van der Waals surface area contributed by atoms with Gasteiger partial charge in [-0.25, -0.2) is 4.79 Å². The van der Waals surface area contributed by atoms with E-state index in [9.17, 15) is 9.59 Å². The Morgan fingerprint density at radius 1 is 1.14 bits per heavy atom. The first-order valence-corrected chi connectivity index (χ1v) is 10.1. The summed E-state index contributed by atoms with van der Waals surface area (Å²) < 4.78 is 12.3. The van der Waals surface area contributed by atoms with Crippen LogP contribution in [0.2, 0.25) is 0 Å². The second-order valence-electron chi connectivity index (χ2n) is 6.32. The van der Waals surface area contributed by atoms with Gasteiger partial charge in [0.15, 0.2) is 11.9 Å². The van der Waals surface area contributed by atoms with Gasteiger partial charge in [0.25, 0.3) is 5.91 Å². The van der Waals surface area contributed by atoms with Crippen molar-refractivity contribution < 1.29 is 23.6 Å². The number of esters is 1. The van der Waals surface area contributed by atoms with E-state index in [0.717, 1.165) is 22.6 Å². The SMILES string of the molecule is CCOC(=O)c1c(-c2ccc(OC)cc2)csc1NC(=O)C[n+]1ccccc1C. The molecular formula is C22H23N2O4S+. The number of pyridine rings is 1. The highest BCUT2D eigenvalue weighted by molar-refractivity contribution is 7.15. The first-order valence-electron chi connectivity index (χ1n) is 9.21. The molecule has 0 bridgehead atoms. The standard InChI is InChI=1S/C22H22N2O4S/c1-4-28-22(26)20-18(16-8-10-17(27-3)11-9-16)14-29-21(20)23-19(25)13-24-12-6-5-7-15(24)2/h5-12,14H,4,13H2,1-3H3/p+1. The Kier molecular flexibility index (Phi) is 6.61. The fraction of sp³-hybridized carbons (Fsp3) is 0.227. The number of aryl methyl sites for hydroxylation is 1. The number of ether oxygens (including phenoxy) is 2. The number of amides is 1.